The lowest BCUT2D eigenvalue weighted by atomic mass is 10.1. The van der Waals surface area contributed by atoms with Gasteiger partial charge in [0.15, 0.2) is 0 Å². The number of aryl methyl sites for hydroxylation is 1. The summed E-state index contributed by atoms with van der Waals surface area (Å²) in [4.78, 5) is 4.38. The molecular formula is C17H30N2O. The maximum absolute atomic E-state index is 5.95. The number of hydrogen-bond donors (Lipinski definition) is 1. The third-order valence-corrected chi connectivity index (χ3v) is 3.15. The van der Waals surface area contributed by atoms with Gasteiger partial charge in [-0.15, -0.1) is 0 Å². The molecule has 3 nitrogen and oxygen atoms in total. The summed E-state index contributed by atoms with van der Waals surface area (Å²) < 4.78 is 5.95. The Bertz CT molecular complexity index is 396. The van der Waals surface area contributed by atoms with E-state index in [4.69, 9.17) is 4.74 Å². The Kier molecular flexibility index (Phi) is 7.00. The highest BCUT2D eigenvalue weighted by Crippen LogP contribution is 2.20. The zero-order valence-electron chi connectivity index (χ0n) is 13.8. The highest BCUT2D eigenvalue weighted by molar-refractivity contribution is 5.32. The number of rotatable bonds is 8. The molecule has 0 saturated heterocycles. The van der Waals surface area contributed by atoms with Gasteiger partial charge in [0, 0.05) is 35.6 Å². The van der Waals surface area contributed by atoms with Crippen LogP contribution in [0.4, 0.5) is 0 Å². The number of unbranched alkanes of at least 4 members (excludes halogenated alkanes) is 3. The van der Waals surface area contributed by atoms with E-state index in [0.717, 1.165) is 36.6 Å². The lowest BCUT2D eigenvalue weighted by Gasteiger charge is -2.21. The van der Waals surface area contributed by atoms with Crippen molar-refractivity contribution in [3.05, 3.63) is 23.5 Å². The van der Waals surface area contributed by atoms with Gasteiger partial charge in [-0.25, -0.2) is 0 Å². The van der Waals surface area contributed by atoms with Crippen LogP contribution in [0.1, 0.15) is 64.6 Å². The van der Waals surface area contributed by atoms with Crippen LogP contribution in [0, 0.1) is 6.92 Å². The normalized spacial score (nSPS) is 11.7. The number of nitrogens with one attached hydrogen (secondary N) is 1. The maximum atomic E-state index is 5.95. The Morgan fingerprint density at radius 3 is 2.60 bits per heavy atom. The zero-order valence-corrected chi connectivity index (χ0v) is 13.8. The Labute approximate surface area is 124 Å². The Morgan fingerprint density at radius 1 is 1.20 bits per heavy atom. The van der Waals surface area contributed by atoms with Gasteiger partial charge in [0.2, 0.25) is 0 Å². The second-order valence-corrected chi connectivity index (χ2v) is 6.45. The Morgan fingerprint density at radius 2 is 1.95 bits per heavy atom. The Balaban J connectivity index is 2.56. The second kappa shape index (κ2) is 8.25. The van der Waals surface area contributed by atoms with Gasteiger partial charge in [0.1, 0.15) is 5.75 Å². The first-order valence-corrected chi connectivity index (χ1v) is 7.75. The molecule has 0 aliphatic carbocycles. The van der Waals surface area contributed by atoms with E-state index in [1.807, 2.05) is 19.2 Å². The van der Waals surface area contributed by atoms with Crippen molar-refractivity contribution in [3.63, 3.8) is 0 Å². The third-order valence-electron chi connectivity index (χ3n) is 3.15. The average Bonchev–Trinajstić information content (AvgIpc) is 2.36. The van der Waals surface area contributed by atoms with Gasteiger partial charge in [-0.3, -0.25) is 4.98 Å². The van der Waals surface area contributed by atoms with E-state index >= 15 is 0 Å². The van der Waals surface area contributed by atoms with Gasteiger partial charge in [-0.1, -0.05) is 26.2 Å². The molecule has 0 unspecified atom stereocenters. The molecule has 0 saturated carbocycles. The van der Waals surface area contributed by atoms with Crippen LogP contribution in [0.5, 0.6) is 5.75 Å². The summed E-state index contributed by atoms with van der Waals surface area (Å²) in [5.41, 5.74) is 2.25. The molecule has 0 aliphatic heterocycles. The van der Waals surface area contributed by atoms with Crippen molar-refractivity contribution in [1.29, 1.82) is 0 Å². The molecule has 1 aromatic rings. The minimum Gasteiger partial charge on any atom is -0.493 e. The summed E-state index contributed by atoms with van der Waals surface area (Å²) in [5.74, 6) is 0.978. The van der Waals surface area contributed by atoms with Crippen LogP contribution in [0.3, 0.4) is 0 Å². The van der Waals surface area contributed by atoms with Gasteiger partial charge in [0.25, 0.3) is 0 Å². The number of pyridine rings is 1. The van der Waals surface area contributed by atoms with Crippen LogP contribution in [0.25, 0.3) is 0 Å². The largest absolute Gasteiger partial charge is 0.493 e. The summed E-state index contributed by atoms with van der Waals surface area (Å²) in [6.07, 6.45) is 6.85. The fraction of sp³-hybridized carbons (Fsp3) is 0.706. The van der Waals surface area contributed by atoms with E-state index in [9.17, 15) is 0 Å². The van der Waals surface area contributed by atoms with E-state index in [-0.39, 0.29) is 5.54 Å². The standard InChI is InChI=1S/C17H30N2O/c1-6-7-8-9-10-20-16-11-14(2)18-12-15(16)13-19-17(3,4)5/h11-12,19H,6-10,13H2,1-5H3. The van der Waals surface area contributed by atoms with Crippen molar-refractivity contribution < 1.29 is 4.74 Å². The van der Waals surface area contributed by atoms with Crippen LogP contribution in [0.15, 0.2) is 12.3 Å². The van der Waals surface area contributed by atoms with Crippen LogP contribution in [-0.4, -0.2) is 17.1 Å². The molecule has 0 bridgehead atoms. The van der Waals surface area contributed by atoms with Crippen molar-refractivity contribution >= 4 is 0 Å². The van der Waals surface area contributed by atoms with Crippen molar-refractivity contribution in [2.24, 2.45) is 0 Å². The number of nitrogens with zero attached hydrogens (tertiary/aromatic N) is 1. The number of ether oxygens (including phenoxy) is 1. The molecule has 114 valence electrons. The first-order chi connectivity index (χ1) is 9.42. The van der Waals surface area contributed by atoms with Gasteiger partial charge < -0.3 is 10.1 Å². The molecule has 0 spiro atoms. The molecule has 0 fully saturated rings. The van der Waals surface area contributed by atoms with E-state index < -0.39 is 0 Å². The van der Waals surface area contributed by atoms with Crippen LogP contribution in [0.2, 0.25) is 0 Å². The number of hydrogen-bond acceptors (Lipinski definition) is 3. The topological polar surface area (TPSA) is 34.1 Å². The van der Waals surface area contributed by atoms with E-state index in [2.05, 4.69) is 38.0 Å². The SMILES string of the molecule is CCCCCCOc1cc(C)ncc1CNC(C)(C)C. The summed E-state index contributed by atoms with van der Waals surface area (Å²) in [6, 6.07) is 2.04. The predicted molar refractivity (Wildman–Crippen MR) is 85.2 cm³/mol. The maximum Gasteiger partial charge on any atom is 0.127 e. The van der Waals surface area contributed by atoms with Crippen LogP contribution < -0.4 is 10.1 Å². The van der Waals surface area contributed by atoms with Gasteiger partial charge in [0.05, 0.1) is 6.61 Å². The minimum absolute atomic E-state index is 0.100. The quantitative estimate of drug-likeness (QED) is 0.722. The summed E-state index contributed by atoms with van der Waals surface area (Å²) in [5, 5.41) is 3.49. The first kappa shape index (κ1) is 17.0. The summed E-state index contributed by atoms with van der Waals surface area (Å²) >= 11 is 0. The van der Waals surface area contributed by atoms with Crippen molar-refractivity contribution in [3.8, 4) is 5.75 Å². The lowest BCUT2D eigenvalue weighted by Crippen LogP contribution is -2.35. The van der Waals surface area contributed by atoms with Crippen LogP contribution in [-0.2, 0) is 6.54 Å². The molecule has 0 radical (unpaired) electrons. The molecule has 1 rings (SSSR count). The molecule has 20 heavy (non-hydrogen) atoms. The van der Waals surface area contributed by atoms with Gasteiger partial charge in [-0.2, -0.15) is 0 Å². The van der Waals surface area contributed by atoms with Crippen molar-refractivity contribution in [2.45, 2.75) is 72.4 Å². The van der Waals surface area contributed by atoms with E-state index in [0.29, 0.717) is 0 Å². The summed E-state index contributed by atoms with van der Waals surface area (Å²) in [7, 11) is 0. The number of aromatic nitrogens is 1. The van der Waals surface area contributed by atoms with E-state index in [1.54, 1.807) is 0 Å². The van der Waals surface area contributed by atoms with Gasteiger partial charge in [-0.05, 0) is 34.1 Å². The van der Waals surface area contributed by atoms with E-state index in [1.165, 1.54) is 19.3 Å². The summed E-state index contributed by atoms with van der Waals surface area (Å²) in [6.45, 7) is 12.3. The Hall–Kier alpha value is -1.09. The zero-order chi connectivity index (χ0) is 15.0. The molecule has 1 aromatic heterocycles. The molecule has 0 aromatic carbocycles. The minimum atomic E-state index is 0.100. The molecule has 0 atom stereocenters. The molecule has 3 heteroatoms. The second-order valence-electron chi connectivity index (χ2n) is 6.45. The smallest absolute Gasteiger partial charge is 0.127 e. The third kappa shape index (κ3) is 6.90. The molecular weight excluding hydrogens is 248 g/mol. The highest BCUT2D eigenvalue weighted by Gasteiger charge is 2.11. The van der Waals surface area contributed by atoms with Crippen LogP contribution >= 0.6 is 0 Å². The molecule has 1 N–H and O–H groups in total. The predicted octanol–water partition coefficient (Wildman–Crippen LogP) is 4.24. The average molecular weight is 278 g/mol. The van der Waals surface area contributed by atoms with Crippen molar-refractivity contribution in [2.75, 3.05) is 6.61 Å². The van der Waals surface area contributed by atoms with Crippen molar-refractivity contribution in [1.82, 2.24) is 10.3 Å². The fourth-order valence-electron chi connectivity index (χ4n) is 1.90. The lowest BCUT2D eigenvalue weighted by molar-refractivity contribution is 0.299. The molecule has 0 amide bonds. The first-order valence-electron chi connectivity index (χ1n) is 7.75. The highest BCUT2D eigenvalue weighted by atomic mass is 16.5. The molecule has 0 aliphatic rings. The fourth-order valence-corrected chi connectivity index (χ4v) is 1.90. The van der Waals surface area contributed by atoms with Gasteiger partial charge >= 0.3 is 0 Å². The monoisotopic (exact) mass is 278 g/mol. The molecule has 1 heterocycles.